The summed E-state index contributed by atoms with van der Waals surface area (Å²) in [6.07, 6.45) is 4.15. The lowest BCUT2D eigenvalue weighted by atomic mass is 10.0. The van der Waals surface area contributed by atoms with Crippen LogP contribution in [0.4, 0.5) is 0 Å². The van der Waals surface area contributed by atoms with Gasteiger partial charge in [0.1, 0.15) is 5.82 Å². The highest BCUT2D eigenvalue weighted by Gasteiger charge is 2.18. The van der Waals surface area contributed by atoms with E-state index in [4.69, 9.17) is 4.98 Å². The van der Waals surface area contributed by atoms with Gasteiger partial charge in [-0.15, -0.1) is 23.1 Å². The number of hydrogen-bond acceptors (Lipinski definition) is 3. The van der Waals surface area contributed by atoms with Gasteiger partial charge in [-0.2, -0.15) is 0 Å². The van der Waals surface area contributed by atoms with E-state index in [1.807, 2.05) is 6.07 Å². The highest BCUT2D eigenvalue weighted by molar-refractivity contribution is 9.10. The van der Waals surface area contributed by atoms with Crippen molar-refractivity contribution in [3.05, 3.63) is 70.6 Å². The zero-order valence-electron chi connectivity index (χ0n) is 15.0. The monoisotopic (exact) mass is 465 g/mol. The van der Waals surface area contributed by atoms with Crippen molar-refractivity contribution in [2.75, 3.05) is 6.26 Å². The van der Waals surface area contributed by atoms with Crippen LogP contribution in [0.3, 0.4) is 0 Å². The number of fused-ring (bicyclic) bond motifs is 1. The van der Waals surface area contributed by atoms with Gasteiger partial charge in [0.25, 0.3) is 0 Å². The topological polar surface area (TPSA) is 44.5 Å². The number of thiophene rings is 1. The number of para-hydroxylation sites is 1. The second-order valence-corrected chi connectivity index (χ2v) is 9.12. The van der Waals surface area contributed by atoms with Crippen molar-refractivity contribution in [3.63, 3.8) is 0 Å². The van der Waals surface area contributed by atoms with Crippen molar-refractivity contribution < 1.29 is 0 Å². The predicted molar refractivity (Wildman–Crippen MR) is 124 cm³/mol. The summed E-state index contributed by atoms with van der Waals surface area (Å²) in [5, 5.41) is 3.27. The number of hydrogen-bond donors (Lipinski definition) is 2. The van der Waals surface area contributed by atoms with Crippen LogP contribution in [0.2, 0.25) is 0 Å². The molecule has 28 heavy (non-hydrogen) atoms. The average Bonchev–Trinajstić information content (AvgIpc) is 3.45. The van der Waals surface area contributed by atoms with E-state index in [2.05, 4.69) is 92.3 Å². The Morgan fingerprint density at radius 1 is 1.07 bits per heavy atom. The van der Waals surface area contributed by atoms with Crippen molar-refractivity contribution in [3.8, 4) is 33.2 Å². The minimum atomic E-state index is 0.889. The summed E-state index contributed by atoms with van der Waals surface area (Å²) in [6.45, 7) is 0. The lowest BCUT2D eigenvalue weighted by molar-refractivity contribution is 1.33. The predicted octanol–water partition coefficient (Wildman–Crippen LogP) is 7.44. The average molecular weight is 466 g/mol. The summed E-state index contributed by atoms with van der Waals surface area (Å²) >= 11 is 6.97. The lowest BCUT2D eigenvalue weighted by Crippen LogP contribution is -1.83. The molecule has 2 aromatic carbocycles. The summed E-state index contributed by atoms with van der Waals surface area (Å²) in [5.41, 5.74) is 5.37. The molecule has 0 aliphatic heterocycles. The molecule has 0 saturated heterocycles. The van der Waals surface area contributed by atoms with Gasteiger partial charge >= 0.3 is 0 Å². The van der Waals surface area contributed by atoms with Gasteiger partial charge in [0.05, 0.1) is 16.3 Å². The molecule has 3 aromatic heterocycles. The standard InChI is InChI=1S/C22H16BrN3S2/c1-27-15-8-6-13(7-9-15)20-21(17-11-24-18-5-3-2-4-16(17)18)26-22(25-20)19-10-14(23)12-28-19/h2-12,24H,1H3,(H,25,26). The molecule has 0 saturated carbocycles. The maximum atomic E-state index is 5.00. The summed E-state index contributed by atoms with van der Waals surface area (Å²) < 4.78 is 1.07. The molecule has 0 unspecified atom stereocenters. The van der Waals surface area contributed by atoms with Crippen molar-refractivity contribution >= 4 is 49.9 Å². The van der Waals surface area contributed by atoms with Crippen LogP contribution in [0.5, 0.6) is 0 Å². The van der Waals surface area contributed by atoms with E-state index < -0.39 is 0 Å². The Bertz CT molecular complexity index is 1260. The van der Waals surface area contributed by atoms with Crippen LogP contribution in [0.15, 0.2) is 75.5 Å². The maximum absolute atomic E-state index is 5.00. The Morgan fingerprint density at radius 3 is 2.64 bits per heavy atom. The van der Waals surface area contributed by atoms with Crippen LogP contribution in [-0.2, 0) is 0 Å². The molecule has 0 radical (unpaired) electrons. The summed E-state index contributed by atoms with van der Waals surface area (Å²) in [5.74, 6) is 0.889. The van der Waals surface area contributed by atoms with Crippen LogP contribution >= 0.6 is 39.0 Å². The first-order valence-electron chi connectivity index (χ1n) is 8.78. The fraction of sp³-hybridized carbons (Fsp3) is 0.0455. The fourth-order valence-corrected chi connectivity index (χ4v) is 5.14. The van der Waals surface area contributed by atoms with Crippen LogP contribution in [0.25, 0.3) is 44.1 Å². The molecule has 5 rings (SSSR count). The molecule has 5 aromatic rings. The summed E-state index contributed by atoms with van der Waals surface area (Å²) in [4.78, 5) is 14.3. The van der Waals surface area contributed by atoms with E-state index >= 15 is 0 Å². The van der Waals surface area contributed by atoms with E-state index in [1.54, 1.807) is 23.1 Å². The number of imidazole rings is 1. The molecule has 0 aliphatic rings. The Morgan fingerprint density at radius 2 is 1.89 bits per heavy atom. The molecule has 0 bridgehead atoms. The van der Waals surface area contributed by atoms with Crippen LogP contribution in [0, 0.1) is 0 Å². The summed E-state index contributed by atoms with van der Waals surface area (Å²) in [6, 6.07) is 19.0. The third kappa shape index (κ3) is 3.11. The van der Waals surface area contributed by atoms with Gasteiger partial charge in [0.15, 0.2) is 0 Å². The zero-order chi connectivity index (χ0) is 19.1. The van der Waals surface area contributed by atoms with E-state index in [0.717, 1.165) is 43.2 Å². The number of thioether (sulfide) groups is 1. The molecule has 0 spiro atoms. The van der Waals surface area contributed by atoms with Crippen LogP contribution in [0.1, 0.15) is 0 Å². The minimum absolute atomic E-state index is 0.889. The molecule has 2 N–H and O–H groups in total. The van der Waals surface area contributed by atoms with Crippen molar-refractivity contribution in [2.45, 2.75) is 4.90 Å². The van der Waals surface area contributed by atoms with Gasteiger partial charge in [0.2, 0.25) is 0 Å². The smallest absolute Gasteiger partial charge is 0.148 e. The molecular weight excluding hydrogens is 450 g/mol. The number of nitrogens with one attached hydrogen (secondary N) is 2. The van der Waals surface area contributed by atoms with Crippen LogP contribution in [-0.4, -0.2) is 21.2 Å². The second kappa shape index (κ2) is 7.28. The van der Waals surface area contributed by atoms with E-state index in [9.17, 15) is 0 Å². The molecular formula is C22H16BrN3S2. The first-order chi connectivity index (χ1) is 13.7. The Kier molecular flexibility index (Phi) is 4.62. The maximum Gasteiger partial charge on any atom is 0.148 e. The Labute approximate surface area is 179 Å². The van der Waals surface area contributed by atoms with E-state index in [1.165, 1.54) is 10.3 Å². The van der Waals surface area contributed by atoms with E-state index in [-0.39, 0.29) is 0 Å². The molecule has 6 heteroatoms. The molecule has 0 atom stereocenters. The molecule has 138 valence electrons. The van der Waals surface area contributed by atoms with E-state index in [0.29, 0.717) is 0 Å². The van der Waals surface area contributed by atoms with Gasteiger partial charge < -0.3 is 9.97 Å². The molecule has 3 heterocycles. The first-order valence-corrected chi connectivity index (χ1v) is 11.7. The first kappa shape index (κ1) is 17.8. The van der Waals surface area contributed by atoms with Gasteiger partial charge in [0, 0.05) is 43.0 Å². The van der Waals surface area contributed by atoms with Crippen molar-refractivity contribution in [1.82, 2.24) is 15.0 Å². The zero-order valence-corrected chi connectivity index (χ0v) is 18.2. The molecule has 0 fully saturated rings. The quantitative estimate of drug-likeness (QED) is 0.271. The fourth-order valence-electron chi connectivity index (χ4n) is 3.36. The number of H-pyrrole nitrogens is 2. The second-order valence-electron chi connectivity index (χ2n) is 6.41. The van der Waals surface area contributed by atoms with Crippen molar-refractivity contribution in [2.24, 2.45) is 0 Å². The Balaban J connectivity index is 1.72. The highest BCUT2D eigenvalue weighted by atomic mass is 79.9. The van der Waals surface area contributed by atoms with Gasteiger partial charge in [-0.1, -0.05) is 30.3 Å². The number of aromatic amines is 2. The number of halogens is 1. The van der Waals surface area contributed by atoms with Gasteiger partial charge in [-0.3, -0.25) is 0 Å². The molecule has 0 aliphatic carbocycles. The third-order valence-electron chi connectivity index (χ3n) is 4.73. The molecule has 0 amide bonds. The number of nitrogens with zero attached hydrogens (tertiary/aromatic N) is 1. The number of benzene rings is 2. The van der Waals surface area contributed by atoms with Gasteiger partial charge in [-0.25, -0.2) is 4.98 Å². The summed E-state index contributed by atoms with van der Waals surface area (Å²) in [7, 11) is 0. The largest absolute Gasteiger partial charge is 0.360 e. The van der Waals surface area contributed by atoms with Gasteiger partial charge in [-0.05, 0) is 46.5 Å². The van der Waals surface area contributed by atoms with Crippen LogP contribution < -0.4 is 0 Å². The minimum Gasteiger partial charge on any atom is -0.360 e. The number of aromatic nitrogens is 3. The third-order valence-corrected chi connectivity index (χ3v) is 7.17. The normalized spacial score (nSPS) is 11.4. The SMILES string of the molecule is CSc1ccc(-c2nc(-c3cc(Br)cs3)[nH]c2-c2c[nH]c3ccccc23)cc1. The molecule has 3 nitrogen and oxygen atoms in total. The Hall–Kier alpha value is -2.28. The lowest BCUT2D eigenvalue weighted by Gasteiger charge is -2.03. The number of rotatable bonds is 4. The van der Waals surface area contributed by atoms with Crippen molar-refractivity contribution in [1.29, 1.82) is 0 Å². The highest BCUT2D eigenvalue weighted by Crippen LogP contribution is 2.38.